The van der Waals surface area contributed by atoms with Gasteiger partial charge in [-0.25, -0.2) is 0 Å². The Morgan fingerprint density at radius 1 is 1.33 bits per heavy atom. The van der Waals surface area contributed by atoms with Crippen LogP contribution in [0.1, 0.15) is 24.8 Å². The van der Waals surface area contributed by atoms with Gasteiger partial charge in [0.05, 0.1) is 0 Å². The van der Waals surface area contributed by atoms with E-state index < -0.39 is 0 Å². The zero-order chi connectivity index (χ0) is 13.0. The Bertz CT molecular complexity index is 384. The van der Waals surface area contributed by atoms with Gasteiger partial charge >= 0.3 is 0 Å². The lowest BCUT2D eigenvalue weighted by molar-refractivity contribution is 0.378. The second-order valence-electron chi connectivity index (χ2n) is 5.26. The van der Waals surface area contributed by atoms with E-state index in [1.807, 2.05) is 7.05 Å². The Balaban J connectivity index is 1.90. The molecule has 0 radical (unpaired) electrons. The molecule has 0 unspecified atom stereocenters. The fourth-order valence-electron chi connectivity index (χ4n) is 2.61. The SMILES string of the molecule is CNCCC1CCN(c2ccc(C)c(Br)c2)CC1. The first-order valence-electron chi connectivity index (χ1n) is 6.86. The van der Waals surface area contributed by atoms with Crippen molar-refractivity contribution in [2.75, 3.05) is 31.6 Å². The Labute approximate surface area is 119 Å². The molecule has 2 nitrogen and oxygen atoms in total. The molecule has 3 heteroatoms. The third-order valence-electron chi connectivity index (χ3n) is 3.94. The van der Waals surface area contributed by atoms with Crippen molar-refractivity contribution in [1.29, 1.82) is 0 Å². The Morgan fingerprint density at radius 3 is 2.67 bits per heavy atom. The normalized spacial score (nSPS) is 17.2. The lowest BCUT2D eigenvalue weighted by Gasteiger charge is -2.34. The molecule has 1 aliphatic heterocycles. The molecule has 2 rings (SSSR count). The summed E-state index contributed by atoms with van der Waals surface area (Å²) in [5, 5.41) is 3.25. The molecule has 0 amide bonds. The summed E-state index contributed by atoms with van der Waals surface area (Å²) in [6.07, 6.45) is 3.97. The summed E-state index contributed by atoms with van der Waals surface area (Å²) >= 11 is 3.62. The number of rotatable bonds is 4. The first-order valence-corrected chi connectivity index (χ1v) is 7.65. The minimum atomic E-state index is 0.905. The van der Waals surface area contributed by atoms with Crippen LogP contribution in [-0.2, 0) is 0 Å². The highest BCUT2D eigenvalue weighted by Gasteiger charge is 2.19. The van der Waals surface area contributed by atoms with Crippen LogP contribution in [0.25, 0.3) is 0 Å². The molecule has 0 aromatic heterocycles. The number of piperidine rings is 1. The van der Waals surface area contributed by atoms with E-state index in [1.54, 1.807) is 0 Å². The molecular formula is C15H23BrN2. The highest BCUT2D eigenvalue weighted by molar-refractivity contribution is 9.10. The van der Waals surface area contributed by atoms with Gasteiger partial charge < -0.3 is 10.2 Å². The summed E-state index contributed by atoms with van der Waals surface area (Å²) < 4.78 is 1.22. The Hall–Kier alpha value is -0.540. The minimum Gasteiger partial charge on any atom is -0.371 e. The van der Waals surface area contributed by atoms with Gasteiger partial charge in [-0.1, -0.05) is 22.0 Å². The molecule has 1 aliphatic rings. The zero-order valence-electron chi connectivity index (χ0n) is 11.4. The van der Waals surface area contributed by atoms with Crippen LogP contribution >= 0.6 is 15.9 Å². The number of aryl methyl sites for hydroxylation is 1. The molecule has 0 aliphatic carbocycles. The van der Waals surface area contributed by atoms with Crippen LogP contribution < -0.4 is 10.2 Å². The van der Waals surface area contributed by atoms with E-state index in [0.717, 1.165) is 12.5 Å². The average molecular weight is 311 g/mol. The van der Waals surface area contributed by atoms with Crippen molar-refractivity contribution in [2.45, 2.75) is 26.2 Å². The van der Waals surface area contributed by atoms with Gasteiger partial charge in [0.1, 0.15) is 0 Å². The quantitative estimate of drug-likeness (QED) is 0.914. The van der Waals surface area contributed by atoms with Crippen molar-refractivity contribution in [3.63, 3.8) is 0 Å². The summed E-state index contributed by atoms with van der Waals surface area (Å²) in [7, 11) is 2.04. The minimum absolute atomic E-state index is 0.905. The van der Waals surface area contributed by atoms with Gasteiger partial charge in [0, 0.05) is 23.2 Å². The second kappa shape index (κ2) is 6.58. The van der Waals surface area contributed by atoms with Gasteiger partial charge in [0.2, 0.25) is 0 Å². The molecule has 0 spiro atoms. The van der Waals surface area contributed by atoms with Crippen LogP contribution in [0, 0.1) is 12.8 Å². The second-order valence-corrected chi connectivity index (χ2v) is 6.11. The van der Waals surface area contributed by atoms with Gasteiger partial charge in [-0.2, -0.15) is 0 Å². The maximum absolute atomic E-state index is 3.62. The lowest BCUT2D eigenvalue weighted by atomic mass is 9.93. The van der Waals surface area contributed by atoms with Gasteiger partial charge in [-0.15, -0.1) is 0 Å². The molecule has 0 saturated carbocycles. The van der Waals surface area contributed by atoms with Crippen LogP contribution in [0.2, 0.25) is 0 Å². The highest BCUT2D eigenvalue weighted by Crippen LogP contribution is 2.28. The van der Waals surface area contributed by atoms with Crippen molar-refractivity contribution in [2.24, 2.45) is 5.92 Å². The van der Waals surface area contributed by atoms with E-state index in [-0.39, 0.29) is 0 Å². The number of halogens is 1. The van der Waals surface area contributed by atoms with Crippen molar-refractivity contribution in [3.8, 4) is 0 Å². The number of benzene rings is 1. The van der Waals surface area contributed by atoms with Crippen molar-refractivity contribution in [3.05, 3.63) is 28.2 Å². The van der Waals surface area contributed by atoms with Gasteiger partial charge in [0.25, 0.3) is 0 Å². The van der Waals surface area contributed by atoms with E-state index >= 15 is 0 Å². The van der Waals surface area contributed by atoms with Crippen LogP contribution in [0.15, 0.2) is 22.7 Å². The fourth-order valence-corrected chi connectivity index (χ4v) is 2.97. The first-order chi connectivity index (χ1) is 8.70. The van der Waals surface area contributed by atoms with Crippen LogP contribution in [0.3, 0.4) is 0 Å². The van der Waals surface area contributed by atoms with Gasteiger partial charge in [0.15, 0.2) is 0 Å². The van der Waals surface area contributed by atoms with Crippen LogP contribution in [-0.4, -0.2) is 26.7 Å². The van der Waals surface area contributed by atoms with Crippen LogP contribution in [0.4, 0.5) is 5.69 Å². The maximum atomic E-state index is 3.62. The topological polar surface area (TPSA) is 15.3 Å². The third kappa shape index (κ3) is 3.48. The predicted octanol–water partition coefficient (Wildman–Crippen LogP) is 3.58. The van der Waals surface area contributed by atoms with E-state index in [4.69, 9.17) is 0 Å². The molecule has 1 aromatic carbocycles. The average Bonchev–Trinajstić information content (AvgIpc) is 2.40. The van der Waals surface area contributed by atoms with Crippen molar-refractivity contribution >= 4 is 21.6 Å². The standard InChI is InChI=1S/C15H23BrN2/c1-12-3-4-14(11-15(12)16)18-9-6-13(7-10-18)5-8-17-2/h3-4,11,13,17H,5-10H2,1-2H3. The molecule has 0 bridgehead atoms. The summed E-state index contributed by atoms with van der Waals surface area (Å²) in [5.41, 5.74) is 2.67. The van der Waals surface area contributed by atoms with E-state index in [9.17, 15) is 0 Å². The number of hydrogen-bond acceptors (Lipinski definition) is 2. The molecule has 1 saturated heterocycles. The molecule has 100 valence electrons. The predicted molar refractivity (Wildman–Crippen MR) is 82.4 cm³/mol. The van der Waals surface area contributed by atoms with Crippen LogP contribution in [0.5, 0.6) is 0 Å². The monoisotopic (exact) mass is 310 g/mol. The molecule has 1 N–H and O–H groups in total. The fraction of sp³-hybridized carbons (Fsp3) is 0.600. The zero-order valence-corrected chi connectivity index (χ0v) is 13.0. The third-order valence-corrected chi connectivity index (χ3v) is 4.79. The van der Waals surface area contributed by atoms with E-state index in [0.29, 0.717) is 0 Å². The summed E-state index contributed by atoms with van der Waals surface area (Å²) in [6, 6.07) is 6.70. The number of anilines is 1. The number of hydrogen-bond donors (Lipinski definition) is 1. The molecule has 1 aromatic rings. The molecule has 1 heterocycles. The molecule has 1 fully saturated rings. The van der Waals surface area contributed by atoms with Gasteiger partial charge in [-0.3, -0.25) is 0 Å². The van der Waals surface area contributed by atoms with Crippen molar-refractivity contribution in [1.82, 2.24) is 5.32 Å². The Morgan fingerprint density at radius 2 is 2.06 bits per heavy atom. The van der Waals surface area contributed by atoms with Gasteiger partial charge in [-0.05, 0) is 63.4 Å². The molecule has 0 atom stereocenters. The lowest BCUT2D eigenvalue weighted by Crippen LogP contribution is -2.34. The number of nitrogens with zero attached hydrogens (tertiary/aromatic N) is 1. The maximum Gasteiger partial charge on any atom is 0.0377 e. The van der Waals surface area contributed by atoms with Crippen molar-refractivity contribution < 1.29 is 0 Å². The van der Waals surface area contributed by atoms with E-state index in [2.05, 4.69) is 51.3 Å². The van der Waals surface area contributed by atoms with E-state index in [1.165, 1.54) is 48.1 Å². The summed E-state index contributed by atoms with van der Waals surface area (Å²) in [6.45, 7) is 5.69. The first kappa shape index (κ1) is 13.9. The smallest absolute Gasteiger partial charge is 0.0377 e. The molecule has 18 heavy (non-hydrogen) atoms. The summed E-state index contributed by atoms with van der Waals surface area (Å²) in [5.74, 6) is 0.905. The number of nitrogens with one attached hydrogen (secondary N) is 1. The highest BCUT2D eigenvalue weighted by atomic mass is 79.9. The largest absolute Gasteiger partial charge is 0.371 e. The molecular weight excluding hydrogens is 288 g/mol. The Kier molecular flexibility index (Phi) is 5.07. The summed E-state index contributed by atoms with van der Waals surface area (Å²) in [4.78, 5) is 2.51.